The molecule has 2 unspecified atom stereocenters. The smallest absolute Gasteiger partial charge is 0.0842 e. The van der Waals surface area contributed by atoms with Gasteiger partial charge in [-0.1, -0.05) is 31.2 Å². The van der Waals surface area contributed by atoms with Crippen LogP contribution in [0.25, 0.3) is 0 Å². The first-order valence-electron chi connectivity index (χ1n) is 7.81. The second-order valence-electron chi connectivity index (χ2n) is 5.94. The number of rotatable bonds is 6. The molecule has 1 saturated carbocycles. The van der Waals surface area contributed by atoms with Gasteiger partial charge in [0.2, 0.25) is 0 Å². The average molecular weight is 259 g/mol. The number of benzene rings is 1. The van der Waals surface area contributed by atoms with Gasteiger partial charge in [0, 0.05) is 6.04 Å². The summed E-state index contributed by atoms with van der Waals surface area (Å²) < 4.78 is 6.05. The van der Waals surface area contributed by atoms with Crippen LogP contribution in [0.15, 0.2) is 24.3 Å². The Morgan fingerprint density at radius 2 is 2.16 bits per heavy atom. The highest BCUT2D eigenvalue weighted by Gasteiger charge is 2.34. The lowest BCUT2D eigenvalue weighted by atomic mass is 9.92. The van der Waals surface area contributed by atoms with Crippen LogP contribution < -0.4 is 5.32 Å². The largest absolute Gasteiger partial charge is 0.373 e. The maximum atomic E-state index is 6.05. The third kappa shape index (κ3) is 3.18. The molecule has 104 valence electrons. The molecule has 19 heavy (non-hydrogen) atoms. The van der Waals surface area contributed by atoms with E-state index in [4.69, 9.17) is 4.74 Å². The summed E-state index contributed by atoms with van der Waals surface area (Å²) in [6, 6.07) is 9.46. The third-order valence-electron chi connectivity index (χ3n) is 4.41. The summed E-state index contributed by atoms with van der Waals surface area (Å²) in [6.45, 7) is 4.26. The average Bonchev–Trinajstić information content (AvgIpc) is 3.28. The Labute approximate surface area is 116 Å². The first-order chi connectivity index (χ1) is 9.38. The van der Waals surface area contributed by atoms with Gasteiger partial charge in [-0.05, 0) is 55.7 Å². The van der Waals surface area contributed by atoms with Gasteiger partial charge in [0.05, 0.1) is 12.7 Å². The predicted molar refractivity (Wildman–Crippen MR) is 78.3 cm³/mol. The first-order valence-corrected chi connectivity index (χ1v) is 7.81. The van der Waals surface area contributed by atoms with Crippen LogP contribution in [0.1, 0.15) is 49.8 Å². The standard InChI is InChI=1S/C17H25NO/c1-2-10-18-16(14-7-8-14)12-17-15-6-4-3-5-13(15)9-11-19-17/h3-6,14,16-18H,2,7-12H2,1H3. The lowest BCUT2D eigenvalue weighted by molar-refractivity contribution is 0.0278. The normalized spacial score (nSPS) is 23.9. The summed E-state index contributed by atoms with van der Waals surface area (Å²) in [5.74, 6) is 0.893. The fraction of sp³-hybridized carbons (Fsp3) is 0.647. The van der Waals surface area contributed by atoms with Crippen LogP contribution in [0.5, 0.6) is 0 Å². The minimum absolute atomic E-state index is 0.305. The quantitative estimate of drug-likeness (QED) is 0.844. The van der Waals surface area contributed by atoms with Crippen molar-refractivity contribution in [1.82, 2.24) is 5.32 Å². The highest BCUT2D eigenvalue weighted by Crippen LogP contribution is 2.39. The van der Waals surface area contributed by atoms with E-state index in [2.05, 4.69) is 36.5 Å². The predicted octanol–water partition coefficient (Wildman–Crippen LogP) is 3.47. The monoisotopic (exact) mass is 259 g/mol. The molecule has 0 spiro atoms. The number of hydrogen-bond acceptors (Lipinski definition) is 2. The maximum Gasteiger partial charge on any atom is 0.0842 e. The topological polar surface area (TPSA) is 21.3 Å². The van der Waals surface area contributed by atoms with Crippen molar-refractivity contribution in [2.45, 2.75) is 51.2 Å². The van der Waals surface area contributed by atoms with E-state index in [1.165, 1.54) is 30.4 Å². The molecule has 1 fully saturated rings. The van der Waals surface area contributed by atoms with E-state index in [0.717, 1.165) is 31.9 Å². The summed E-state index contributed by atoms with van der Waals surface area (Å²) in [6.07, 6.45) is 6.53. The SMILES string of the molecule is CCCNC(CC1OCCc2ccccc21)C1CC1. The molecule has 0 aromatic heterocycles. The molecule has 0 amide bonds. The van der Waals surface area contributed by atoms with E-state index in [1.54, 1.807) is 0 Å². The first kappa shape index (κ1) is 13.1. The second-order valence-corrected chi connectivity index (χ2v) is 5.94. The maximum absolute atomic E-state index is 6.05. The zero-order valence-corrected chi connectivity index (χ0v) is 11.9. The minimum Gasteiger partial charge on any atom is -0.373 e. The number of nitrogens with one attached hydrogen (secondary N) is 1. The zero-order chi connectivity index (χ0) is 13.1. The van der Waals surface area contributed by atoms with E-state index in [1.807, 2.05) is 0 Å². The molecular formula is C17H25NO. The Kier molecular flexibility index (Phi) is 4.19. The van der Waals surface area contributed by atoms with Gasteiger partial charge in [0.25, 0.3) is 0 Å². The number of ether oxygens (including phenoxy) is 1. The number of hydrogen-bond donors (Lipinski definition) is 1. The van der Waals surface area contributed by atoms with Gasteiger partial charge in [0.15, 0.2) is 0 Å². The van der Waals surface area contributed by atoms with Gasteiger partial charge < -0.3 is 10.1 Å². The van der Waals surface area contributed by atoms with Crippen LogP contribution >= 0.6 is 0 Å². The van der Waals surface area contributed by atoms with E-state index in [-0.39, 0.29) is 0 Å². The molecule has 1 aliphatic heterocycles. The molecule has 1 aromatic rings. The van der Waals surface area contributed by atoms with Crippen molar-refractivity contribution < 1.29 is 4.74 Å². The molecule has 1 aliphatic carbocycles. The van der Waals surface area contributed by atoms with Crippen molar-refractivity contribution >= 4 is 0 Å². The van der Waals surface area contributed by atoms with E-state index in [9.17, 15) is 0 Å². The molecule has 2 heteroatoms. The second kappa shape index (κ2) is 6.06. The summed E-state index contributed by atoms with van der Waals surface area (Å²) in [7, 11) is 0. The van der Waals surface area contributed by atoms with Gasteiger partial charge >= 0.3 is 0 Å². The van der Waals surface area contributed by atoms with Crippen molar-refractivity contribution in [3.8, 4) is 0 Å². The Balaban J connectivity index is 1.68. The highest BCUT2D eigenvalue weighted by molar-refractivity contribution is 5.31. The molecule has 2 nitrogen and oxygen atoms in total. The highest BCUT2D eigenvalue weighted by atomic mass is 16.5. The van der Waals surface area contributed by atoms with Crippen molar-refractivity contribution in [2.75, 3.05) is 13.2 Å². The molecule has 1 aromatic carbocycles. The molecule has 1 heterocycles. The van der Waals surface area contributed by atoms with Crippen LogP contribution in [0.4, 0.5) is 0 Å². The molecular weight excluding hydrogens is 234 g/mol. The molecule has 0 saturated heterocycles. The summed E-state index contributed by atoms with van der Waals surface area (Å²) >= 11 is 0. The van der Waals surface area contributed by atoms with E-state index >= 15 is 0 Å². The fourth-order valence-corrected chi connectivity index (χ4v) is 3.17. The minimum atomic E-state index is 0.305. The van der Waals surface area contributed by atoms with Gasteiger partial charge in [0.1, 0.15) is 0 Å². The molecule has 2 atom stereocenters. The summed E-state index contributed by atoms with van der Waals surface area (Å²) in [4.78, 5) is 0. The Bertz CT molecular complexity index is 413. The molecule has 0 radical (unpaired) electrons. The Morgan fingerprint density at radius 3 is 2.95 bits per heavy atom. The fourth-order valence-electron chi connectivity index (χ4n) is 3.17. The molecule has 0 bridgehead atoms. The van der Waals surface area contributed by atoms with E-state index < -0.39 is 0 Å². The zero-order valence-electron chi connectivity index (χ0n) is 11.9. The lowest BCUT2D eigenvalue weighted by Crippen LogP contribution is -2.34. The van der Waals surface area contributed by atoms with Crippen molar-refractivity contribution in [2.24, 2.45) is 5.92 Å². The number of fused-ring (bicyclic) bond motifs is 1. The molecule has 1 N–H and O–H groups in total. The van der Waals surface area contributed by atoms with Gasteiger partial charge in [-0.25, -0.2) is 0 Å². The van der Waals surface area contributed by atoms with Crippen LogP contribution in [0, 0.1) is 5.92 Å². The van der Waals surface area contributed by atoms with Crippen LogP contribution in [0.2, 0.25) is 0 Å². The third-order valence-corrected chi connectivity index (χ3v) is 4.41. The van der Waals surface area contributed by atoms with Crippen LogP contribution in [-0.4, -0.2) is 19.2 Å². The van der Waals surface area contributed by atoms with Crippen LogP contribution in [-0.2, 0) is 11.2 Å². The van der Waals surface area contributed by atoms with Gasteiger partial charge in [-0.2, -0.15) is 0 Å². The van der Waals surface area contributed by atoms with Crippen molar-refractivity contribution in [1.29, 1.82) is 0 Å². The molecule has 3 rings (SSSR count). The van der Waals surface area contributed by atoms with Gasteiger partial charge in [-0.3, -0.25) is 0 Å². The Morgan fingerprint density at radius 1 is 1.32 bits per heavy atom. The summed E-state index contributed by atoms with van der Waals surface area (Å²) in [5, 5.41) is 3.73. The Hall–Kier alpha value is -0.860. The van der Waals surface area contributed by atoms with Gasteiger partial charge in [-0.15, -0.1) is 0 Å². The van der Waals surface area contributed by atoms with Crippen molar-refractivity contribution in [3.05, 3.63) is 35.4 Å². The van der Waals surface area contributed by atoms with E-state index in [0.29, 0.717) is 12.1 Å². The van der Waals surface area contributed by atoms with Crippen molar-refractivity contribution in [3.63, 3.8) is 0 Å². The molecule has 2 aliphatic rings. The summed E-state index contributed by atoms with van der Waals surface area (Å²) in [5.41, 5.74) is 2.92. The lowest BCUT2D eigenvalue weighted by Gasteiger charge is -2.30. The van der Waals surface area contributed by atoms with Crippen LogP contribution in [0.3, 0.4) is 0 Å².